The summed E-state index contributed by atoms with van der Waals surface area (Å²) in [6.07, 6.45) is -0.127. The van der Waals surface area contributed by atoms with Gasteiger partial charge in [0.1, 0.15) is 4.75 Å². The summed E-state index contributed by atoms with van der Waals surface area (Å²) in [6, 6.07) is 18.4. The lowest BCUT2D eigenvalue weighted by Crippen LogP contribution is -2.47. The zero-order valence-electron chi connectivity index (χ0n) is 20.8. The summed E-state index contributed by atoms with van der Waals surface area (Å²) in [5, 5.41) is 0. The fourth-order valence-corrected chi connectivity index (χ4v) is 8.78. The number of nitrogens with zero attached hydrogens (tertiary/aromatic N) is 1. The lowest BCUT2D eigenvalue weighted by molar-refractivity contribution is 0.270. The molecule has 1 fully saturated rings. The predicted octanol–water partition coefficient (Wildman–Crippen LogP) is 3.62. The van der Waals surface area contributed by atoms with Crippen LogP contribution in [0.15, 0.2) is 87.5 Å². The average molecular weight is 564 g/mol. The van der Waals surface area contributed by atoms with E-state index in [1.165, 1.54) is 36.4 Å². The van der Waals surface area contributed by atoms with E-state index in [0.717, 1.165) is 21.0 Å². The second kappa shape index (κ2) is 9.95. The highest BCUT2D eigenvalue weighted by Gasteiger charge is 2.53. The molecule has 0 saturated carbocycles. The first-order chi connectivity index (χ1) is 17.3. The van der Waals surface area contributed by atoms with Gasteiger partial charge in [0.2, 0.25) is 10.0 Å². The van der Waals surface area contributed by atoms with E-state index >= 15 is 0 Å². The molecular weight excluding hydrogens is 534 g/mol. The lowest BCUT2D eigenvalue weighted by atomic mass is 10.1. The summed E-state index contributed by atoms with van der Waals surface area (Å²) >= 11 is 0. The van der Waals surface area contributed by atoms with Gasteiger partial charge in [-0.15, -0.1) is 0 Å². The first kappa shape index (κ1) is 27.5. The number of rotatable bonds is 8. The van der Waals surface area contributed by atoms with Gasteiger partial charge in [-0.2, -0.15) is 12.7 Å². The highest BCUT2D eigenvalue weighted by atomic mass is 32.2. The number of aryl methyl sites for hydroxylation is 3. The molecule has 0 radical (unpaired) electrons. The maximum absolute atomic E-state index is 13.9. The highest BCUT2D eigenvalue weighted by molar-refractivity contribution is 7.93. The van der Waals surface area contributed by atoms with Gasteiger partial charge in [0.25, 0.3) is 10.1 Å². The van der Waals surface area contributed by atoms with Crippen molar-refractivity contribution in [1.82, 2.24) is 4.31 Å². The van der Waals surface area contributed by atoms with Crippen LogP contribution in [0, 0.1) is 20.8 Å². The average Bonchev–Trinajstić information content (AvgIpc) is 3.31. The zero-order valence-corrected chi connectivity index (χ0v) is 23.2. The minimum absolute atomic E-state index is 0.0241. The van der Waals surface area contributed by atoms with Crippen LogP contribution in [0.4, 0.5) is 0 Å². The Bertz CT molecular complexity index is 1600. The Morgan fingerprint density at radius 1 is 0.676 bits per heavy atom. The van der Waals surface area contributed by atoms with Crippen LogP contribution in [0.25, 0.3) is 0 Å². The molecule has 4 rings (SSSR count). The predicted molar refractivity (Wildman–Crippen MR) is 140 cm³/mol. The van der Waals surface area contributed by atoms with Gasteiger partial charge in [0.15, 0.2) is 9.84 Å². The second-order valence-corrected chi connectivity index (χ2v) is 15.3. The molecule has 0 amide bonds. The molecule has 1 unspecified atom stereocenters. The molecule has 0 N–H and O–H groups in total. The third kappa shape index (κ3) is 5.37. The van der Waals surface area contributed by atoms with Crippen LogP contribution in [0.1, 0.15) is 23.1 Å². The molecule has 0 aromatic heterocycles. The monoisotopic (exact) mass is 563 g/mol. The van der Waals surface area contributed by atoms with Crippen molar-refractivity contribution < 1.29 is 29.4 Å². The first-order valence-corrected chi connectivity index (χ1v) is 15.9. The number of sulfonamides is 1. The second-order valence-electron chi connectivity index (χ2n) is 9.43. The summed E-state index contributed by atoms with van der Waals surface area (Å²) in [5.74, 6) is 0. The van der Waals surface area contributed by atoms with Crippen LogP contribution < -0.4 is 0 Å². The smallest absolute Gasteiger partial charge is 0.265 e. The molecular formula is C26H29NO7S3. The van der Waals surface area contributed by atoms with E-state index < -0.39 is 47.9 Å². The van der Waals surface area contributed by atoms with Gasteiger partial charge in [-0.25, -0.2) is 16.8 Å². The van der Waals surface area contributed by atoms with Crippen LogP contribution in [-0.2, 0) is 34.2 Å². The fourth-order valence-electron chi connectivity index (χ4n) is 4.21. The summed E-state index contributed by atoms with van der Waals surface area (Å²) in [5.41, 5.74) is 2.58. The normalized spacial score (nSPS) is 19.2. The fraction of sp³-hybridized carbons (Fsp3) is 0.308. The molecule has 1 atom stereocenters. The van der Waals surface area contributed by atoms with Crippen LogP contribution in [0.3, 0.4) is 0 Å². The minimum Gasteiger partial charge on any atom is -0.265 e. The van der Waals surface area contributed by atoms with Crippen molar-refractivity contribution in [3.63, 3.8) is 0 Å². The van der Waals surface area contributed by atoms with E-state index in [1.54, 1.807) is 36.4 Å². The van der Waals surface area contributed by atoms with E-state index in [2.05, 4.69) is 0 Å². The topological polar surface area (TPSA) is 115 Å². The molecule has 198 valence electrons. The standard InChI is InChI=1S/C26H29NO7S3/c1-20-4-10-23(11-5-20)35(28,29)26(19-34-37(32,33)25-14-8-22(3)9-15-25)16-17-27(18-26)36(30,31)24-12-6-21(2)7-13-24/h4-15H,16-19H2,1-3H3. The zero-order chi connectivity index (χ0) is 27.1. The van der Waals surface area contributed by atoms with Gasteiger partial charge in [-0.05, 0) is 63.6 Å². The Morgan fingerprint density at radius 3 is 1.59 bits per heavy atom. The Kier molecular flexibility index (Phi) is 7.39. The third-order valence-electron chi connectivity index (χ3n) is 6.63. The molecule has 0 spiro atoms. The Labute approximate surface area is 219 Å². The Balaban J connectivity index is 1.72. The molecule has 1 aliphatic rings. The van der Waals surface area contributed by atoms with Crippen molar-refractivity contribution >= 4 is 30.0 Å². The molecule has 3 aromatic carbocycles. The van der Waals surface area contributed by atoms with E-state index in [9.17, 15) is 25.3 Å². The summed E-state index contributed by atoms with van der Waals surface area (Å²) in [6.45, 7) is 4.19. The van der Waals surface area contributed by atoms with Crippen LogP contribution in [-0.4, -0.2) is 54.0 Å². The SMILES string of the molecule is Cc1ccc(S(=O)(=O)OCC2(S(=O)(=O)c3ccc(C)cc3)CCN(S(=O)(=O)c3ccc(C)cc3)C2)cc1. The van der Waals surface area contributed by atoms with Crippen LogP contribution in [0.5, 0.6) is 0 Å². The molecule has 11 heteroatoms. The van der Waals surface area contributed by atoms with E-state index in [-0.39, 0.29) is 27.7 Å². The van der Waals surface area contributed by atoms with Crippen molar-refractivity contribution in [3.8, 4) is 0 Å². The highest BCUT2D eigenvalue weighted by Crippen LogP contribution is 2.38. The first-order valence-electron chi connectivity index (χ1n) is 11.6. The third-order valence-corrected chi connectivity index (χ3v) is 12.2. The summed E-state index contributed by atoms with van der Waals surface area (Å²) in [4.78, 5) is -0.0954. The van der Waals surface area contributed by atoms with Gasteiger partial charge in [0.05, 0.1) is 21.3 Å². The van der Waals surface area contributed by atoms with E-state index in [1.807, 2.05) is 20.8 Å². The molecule has 1 heterocycles. The van der Waals surface area contributed by atoms with Crippen LogP contribution >= 0.6 is 0 Å². The van der Waals surface area contributed by atoms with Crippen molar-refractivity contribution in [3.05, 3.63) is 89.5 Å². The lowest BCUT2D eigenvalue weighted by Gasteiger charge is -2.29. The largest absolute Gasteiger partial charge is 0.297 e. The molecule has 0 bridgehead atoms. The summed E-state index contributed by atoms with van der Waals surface area (Å²) in [7, 11) is -12.5. The number of hydrogen-bond acceptors (Lipinski definition) is 7. The van der Waals surface area contributed by atoms with Gasteiger partial charge < -0.3 is 0 Å². The maximum atomic E-state index is 13.9. The van der Waals surface area contributed by atoms with Gasteiger partial charge in [0, 0.05) is 13.1 Å². The Hall–Kier alpha value is -2.57. The van der Waals surface area contributed by atoms with Crippen molar-refractivity contribution in [1.29, 1.82) is 0 Å². The Morgan fingerprint density at radius 2 is 1.11 bits per heavy atom. The quantitative estimate of drug-likeness (QED) is 0.385. The summed E-state index contributed by atoms with van der Waals surface area (Å²) < 4.78 is 85.1. The van der Waals surface area contributed by atoms with Crippen LogP contribution in [0.2, 0.25) is 0 Å². The van der Waals surface area contributed by atoms with Gasteiger partial charge in [-0.1, -0.05) is 53.1 Å². The number of hydrogen-bond donors (Lipinski definition) is 0. The molecule has 37 heavy (non-hydrogen) atoms. The number of sulfone groups is 1. The molecule has 3 aromatic rings. The molecule has 0 aliphatic carbocycles. The molecule has 1 aliphatic heterocycles. The van der Waals surface area contributed by atoms with Crippen molar-refractivity contribution in [2.75, 3.05) is 19.7 Å². The molecule has 8 nitrogen and oxygen atoms in total. The van der Waals surface area contributed by atoms with Crippen molar-refractivity contribution in [2.24, 2.45) is 0 Å². The molecule has 1 saturated heterocycles. The maximum Gasteiger partial charge on any atom is 0.297 e. The minimum atomic E-state index is -4.29. The van der Waals surface area contributed by atoms with Crippen molar-refractivity contribution in [2.45, 2.75) is 46.6 Å². The van der Waals surface area contributed by atoms with E-state index in [4.69, 9.17) is 4.18 Å². The van der Waals surface area contributed by atoms with Gasteiger partial charge in [-0.3, -0.25) is 4.18 Å². The van der Waals surface area contributed by atoms with Gasteiger partial charge >= 0.3 is 0 Å². The number of benzene rings is 3. The van der Waals surface area contributed by atoms with E-state index in [0.29, 0.717) is 0 Å².